The Bertz CT molecular complexity index is 898. The number of fused-ring (bicyclic) bond motifs is 2. The molecule has 0 bridgehead atoms. The Morgan fingerprint density at radius 3 is 2.75 bits per heavy atom. The predicted molar refractivity (Wildman–Crippen MR) is 105 cm³/mol. The van der Waals surface area contributed by atoms with Gasteiger partial charge in [-0.25, -0.2) is 9.97 Å². The summed E-state index contributed by atoms with van der Waals surface area (Å²) in [7, 11) is 0. The fourth-order valence-corrected chi connectivity index (χ4v) is 4.55. The first-order chi connectivity index (χ1) is 13.4. The van der Waals surface area contributed by atoms with Gasteiger partial charge in [0.25, 0.3) is 0 Å². The topological polar surface area (TPSA) is 99.2 Å². The first kappa shape index (κ1) is 18.9. The van der Waals surface area contributed by atoms with E-state index < -0.39 is 5.60 Å². The molecule has 8 nitrogen and oxygen atoms in total. The molecule has 2 aromatic heterocycles. The van der Waals surface area contributed by atoms with Crippen molar-refractivity contribution < 1.29 is 9.53 Å². The van der Waals surface area contributed by atoms with Gasteiger partial charge >= 0.3 is 0 Å². The Morgan fingerprint density at radius 1 is 1.32 bits per heavy atom. The Morgan fingerprint density at radius 2 is 2.07 bits per heavy atom. The Labute approximate surface area is 165 Å². The van der Waals surface area contributed by atoms with E-state index in [1.165, 1.54) is 5.56 Å². The third-order valence-corrected chi connectivity index (χ3v) is 6.16. The van der Waals surface area contributed by atoms with Crippen LogP contribution in [0.5, 0.6) is 0 Å². The molecule has 1 amide bonds. The predicted octanol–water partition coefficient (Wildman–Crippen LogP) is 1.53. The first-order valence-corrected chi connectivity index (χ1v) is 10.00. The van der Waals surface area contributed by atoms with E-state index in [9.17, 15) is 4.79 Å². The van der Waals surface area contributed by atoms with Crippen molar-refractivity contribution in [3.63, 3.8) is 0 Å². The SMILES string of the molecule is CCc1c(C)nn(CC(=O)N2CCC3(CC2)OCCc2cnc(N)nc23)c1C. The maximum Gasteiger partial charge on any atom is 0.244 e. The number of aromatic nitrogens is 4. The molecule has 28 heavy (non-hydrogen) atoms. The molecular formula is C20H28N6O2. The number of hydrogen-bond acceptors (Lipinski definition) is 6. The van der Waals surface area contributed by atoms with Gasteiger partial charge in [0, 0.05) is 25.0 Å². The van der Waals surface area contributed by atoms with Crippen molar-refractivity contribution in [2.24, 2.45) is 0 Å². The molecule has 1 saturated heterocycles. The summed E-state index contributed by atoms with van der Waals surface area (Å²) in [6.07, 6.45) is 4.99. The Kier molecular flexibility index (Phi) is 4.82. The van der Waals surface area contributed by atoms with Crippen LogP contribution in [0.4, 0.5) is 5.95 Å². The number of carbonyl (C=O) groups excluding carboxylic acids is 1. The fourth-order valence-electron chi connectivity index (χ4n) is 4.55. The maximum absolute atomic E-state index is 12.9. The van der Waals surface area contributed by atoms with Crippen molar-refractivity contribution in [2.75, 3.05) is 25.4 Å². The zero-order valence-electron chi connectivity index (χ0n) is 16.9. The third-order valence-electron chi connectivity index (χ3n) is 6.16. The van der Waals surface area contributed by atoms with Crippen LogP contribution in [0, 0.1) is 13.8 Å². The number of ether oxygens (including phenoxy) is 1. The van der Waals surface area contributed by atoms with Gasteiger partial charge in [-0.15, -0.1) is 0 Å². The average Bonchev–Trinajstić information content (AvgIpc) is 2.95. The smallest absolute Gasteiger partial charge is 0.244 e. The molecule has 1 spiro atoms. The summed E-state index contributed by atoms with van der Waals surface area (Å²) in [6, 6.07) is 0. The molecule has 2 aromatic rings. The number of nitrogen functional groups attached to an aromatic ring is 1. The number of rotatable bonds is 3. The van der Waals surface area contributed by atoms with Gasteiger partial charge in [0.05, 0.1) is 18.0 Å². The molecule has 0 aliphatic carbocycles. The van der Waals surface area contributed by atoms with Gasteiger partial charge in [0.1, 0.15) is 12.1 Å². The van der Waals surface area contributed by atoms with Crippen LogP contribution < -0.4 is 5.73 Å². The summed E-state index contributed by atoms with van der Waals surface area (Å²) >= 11 is 0. The second kappa shape index (κ2) is 7.16. The molecule has 4 rings (SSSR count). The minimum atomic E-state index is -0.449. The molecule has 0 aromatic carbocycles. The lowest BCUT2D eigenvalue weighted by Gasteiger charge is -2.44. The molecule has 0 unspecified atom stereocenters. The van der Waals surface area contributed by atoms with E-state index in [0.29, 0.717) is 19.7 Å². The minimum absolute atomic E-state index is 0.0985. The zero-order valence-corrected chi connectivity index (χ0v) is 16.9. The number of aryl methyl sites for hydroxylation is 1. The lowest BCUT2D eigenvalue weighted by Crippen LogP contribution is -2.49. The normalized spacial score (nSPS) is 18.3. The Balaban J connectivity index is 1.47. The largest absolute Gasteiger partial charge is 0.368 e. The highest BCUT2D eigenvalue weighted by atomic mass is 16.5. The fraction of sp³-hybridized carbons (Fsp3) is 0.600. The molecule has 1 fully saturated rings. The van der Waals surface area contributed by atoms with Crippen LogP contribution in [0.3, 0.4) is 0 Å². The second-order valence-electron chi connectivity index (χ2n) is 7.74. The van der Waals surface area contributed by atoms with E-state index in [1.54, 1.807) is 0 Å². The maximum atomic E-state index is 12.9. The molecule has 0 saturated carbocycles. The molecule has 2 aliphatic rings. The first-order valence-electron chi connectivity index (χ1n) is 10.00. The van der Waals surface area contributed by atoms with Gasteiger partial charge in [-0.3, -0.25) is 9.48 Å². The van der Waals surface area contributed by atoms with E-state index in [-0.39, 0.29) is 18.4 Å². The molecule has 8 heteroatoms. The summed E-state index contributed by atoms with van der Waals surface area (Å²) in [5, 5.41) is 4.55. The quantitative estimate of drug-likeness (QED) is 0.861. The van der Waals surface area contributed by atoms with Crippen LogP contribution in [0.1, 0.15) is 48.0 Å². The number of anilines is 1. The number of nitrogens with zero attached hydrogens (tertiary/aromatic N) is 5. The summed E-state index contributed by atoms with van der Waals surface area (Å²) in [4.78, 5) is 23.4. The van der Waals surface area contributed by atoms with E-state index >= 15 is 0 Å². The Hall–Kier alpha value is -2.48. The number of likely N-dealkylation sites (tertiary alicyclic amines) is 1. The molecule has 0 atom stereocenters. The van der Waals surface area contributed by atoms with Crippen molar-refractivity contribution in [1.82, 2.24) is 24.6 Å². The lowest BCUT2D eigenvalue weighted by molar-refractivity contribution is -0.142. The molecule has 4 heterocycles. The molecule has 2 N–H and O–H groups in total. The average molecular weight is 384 g/mol. The van der Waals surface area contributed by atoms with Crippen LogP contribution in [0.2, 0.25) is 0 Å². The number of nitrogens with two attached hydrogens (primary N) is 1. The van der Waals surface area contributed by atoms with Crippen LogP contribution in [0.15, 0.2) is 6.20 Å². The van der Waals surface area contributed by atoms with E-state index in [1.807, 2.05) is 29.6 Å². The van der Waals surface area contributed by atoms with Crippen LogP contribution in [-0.2, 0) is 34.5 Å². The summed E-state index contributed by atoms with van der Waals surface area (Å²) in [5.74, 6) is 0.375. The van der Waals surface area contributed by atoms with E-state index in [0.717, 1.165) is 48.3 Å². The second-order valence-corrected chi connectivity index (χ2v) is 7.74. The lowest BCUT2D eigenvalue weighted by atomic mass is 9.83. The minimum Gasteiger partial charge on any atom is -0.368 e. The van der Waals surface area contributed by atoms with Gasteiger partial charge in [-0.05, 0) is 50.7 Å². The number of carbonyl (C=O) groups is 1. The van der Waals surface area contributed by atoms with Crippen molar-refractivity contribution in [2.45, 2.75) is 58.6 Å². The highest BCUT2D eigenvalue weighted by Crippen LogP contribution is 2.40. The van der Waals surface area contributed by atoms with Gasteiger partial charge in [0.2, 0.25) is 11.9 Å². The highest BCUT2D eigenvalue weighted by Gasteiger charge is 2.43. The molecule has 2 aliphatic heterocycles. The molecule has 150 valence electrons. The molecular weight excluding hydrogens is 356 g/mol. The van der Waals surface area contributed by atoms with Crippen molar-refractivity contribution in [1.29, 1.82) is 0 Å². The number of hydrogen-bond donors (Lipinski definition) is 1. The summed E-state index contributed by atoms with van der Waals surface area (Å²) in [6.45, 7) is 8.37. The van der Waals surface area contributed by atoms with Crippen LogP contribution in [-0.4, -0.2) is 50.3 Å². The number of amides is 1. The van der Waals surface area contributed by atoms with E-state index in [4.69, 9.17) is 10.5 Å². The standard InChI is InChI=1S/C20H28N6O2/c1-4-16-13(2)24-26(14(16)3)12-17(27)25-8-6-20(7-9-25)18-15(5-10-28-20)11-22-19(21)23-18/h11H,4-10,12H2,1-3H3,(H2,21,22,23). The van der Waals surface area contributed by atoms with Crippen molar-refractivity contribution in [3.8, 4) is 0 Å². The van der Waals surface area contributed by atoms with Crippen molar-refractivity contribution in [3.05, 3.63) is 34.4 Å². The zero-order chi connectivity index (χ0) is 19.9. The monoisotopic (exact) mass is 384 g/mol. The van der Waals surface area contributed by atoms with Gasteiger partial charge in [-0.1, -0.05) is 6.92 Å². The summed E-state index contributed by atoms with van der Waals surface area (Å²) in [5.41, 5.74) is 10.7. The van der Waals surface area contributed by atoms with E-state index in [2.05, 4.69) is 22.0 Å². The summed E-state index contributed by atoms with van der Waals surface area (Å²) < 4.78 is 8.02. The van der Waals surface area contributed by atoms with Crippen LogP contribution >= 0.6 is 0 Å². The molecule has 0 radical (unpaired) electrons. The van der Waals surface area contributed by atoms with Crippen molar-refractivity contribution >= 4 is 11.9 Å². The van der Waals surface area contributed by atoms with Crippen LogP contribution in [0.25, 0.3) is 0 Å². The van der Waals surface area contributed by atoms with Gasteiger partial charge in [0.15, 0.2) is 0 Å². The van der Waals surface area contributed by atoms with Gasteiger partial charge in [-0.2, -0.15) is 5.10 Å². The van der Waals surface area contributed by atoms with Gasteiger partial charge < -0.3 is 15.4 Å². The highest BCUT2D eigenvalue weighted by molar-refractivity contribution is 5.76. The number of piperidine rings is 1. The third kappa shape index (κ3) is 3.15.